The lowest BCUT2D eigenvalue weighted by atomic mass is 10.1. The zero-order valence-corrected chi connectivity index (χ0v) is 17.5. The monoisotopic (exact) mass is 397 g/mol. The lowest BCUT2D eigenvalue weighted by molar-refractivity contribution is -0.121. The standard InChI is InChI=1S/C17H23N3O2S3/c1-11(14(21)18-17(2,3)4)24-16-20-19-15(25-16)23-10-12-6-8-13(22-5)9-7-12/h6-9,11H,10H2,1-5H3,(H,18,21)/t11-/m1/s1. The second-order valence-electron chi connectivity index (χ2n) is 6.47. The molecule has 0 saturated heterocycles. The Morgan fingerprint density at radius 2 is 1.88 bits per heavy atom. The maximum absolute atomic E-state index is 12.1. The van der Waals surface area contributed by atoms with E-state index in [9.17, 15) is 4.79 Å². The molecule has 0 aliphatic carbocycles. The van der Waals surface area contributed by atoms with Crippen molar-refractivity contribution < 1.29 is 9.53 Å². The number of hydrogen-bond donors (Lipinski definition) is 1. The van der Waals surface area contributed by atoms with Crippen LogP contribution in [0.15, 0.2) is 32.9 Å². The van der Waals surface area contributed by atoms with Gasteiger partial charge < -0.3 is 10.1 Å². The molecule has 1 aromatic heterocycles. The SMILES string of the molecule is COc1ccc(CSc2nnc(S[C@H](C)C(=O)NC(C)(C)C)s2)cc1. The summed E-state index contributed by atoms with van der Waals surface area (Å²) in [6.07, 6.45) is 0. The summed E-state index contributed by atoms with van der Waals surface area (Å²) in [7, 11) is 1.66. The number of benzene rings is 1. The third-order valence-electron chi connectivity index (χ3n) is 3.05. The number of hydrogen-bond acceptors (Lipinski definition) is 7. The summed E-state index contributed by atoms with van der Waals surface area (Å²) >= 11 is 4.61. The van der Waals surface area contributed by atoms with Crippen LogP contribution in [0.3, 0.4) is 0 Å². The molecule has 1 aromatic carbocycles. The van der Waals surface area contributed by atoms with Gasteiger partial charge in [0.1, 0.15) is 5.75 Å². The number of carbonyl (C=O) groups is 1. The molecule has 5 nitrogen and oxygen atoms in total. The highest BCUT2D eigenvalue weighted by Gasteiger charge is 2.21. The first-order valence-corrected chi connectivity index (χ1v) is 10.5. The lowest BCUT2D eigenvalue weighted by Gasteiger charge is -2.22. The fourth-order valence-corrected chi connectivity index (χ4v) is 4.97. The van der Waals surface area contributed by atoms with Gasteiger partial charge in [-0.2, -0.15) is 0 Å². The first-order chi connectivity index (χ1) is 11.8. The van der Waals surface area contributed by atoms with Gasteiger partial charge in [0.15, 0.2) is 8.68 Å². The van der Waals surface area contributed by atoms with Crippen LogP contribution in [0, 0.1) is 0 Å². The van der Waals surface area contributed by atoms with Crippen LogP contribution in [0.2, 0.25) is 0 Å². The van der Waals surface area contributed by atoms with Crippen molar-refractivity contribution in [2.75, 3.05) is 7.11 Å². The molecular formula is C17H23N3O2S3. The molecule has 0 aliphatic rings. The van der Waals surface area contributed by atoms with E-state index in [2.05, 4.69) is 15.5 Å². The van der Waals surface area contributed by atoms with E-state index in [4.69, 9.17) is 4.74 Å². The number of thioether (sulfide) groups is 2. The van der Waals surface area contributed by atoms with Crippen molar-refractivity contribution in [3.63, 3.8) is 0 Å². The molecule has 1 amide bonds. The molecule has 8 heteroatoms. The van der Waals surface area contributed by atoms with E-state index in [1.807, 2.05) is 52.0 Å². The number of aromatic nitrogens is 2. The number of nitrogens with one attached hydrogen (secondary N) is 1. The summed E-state index contributed by atoms with van der Waals surface area (Å²) in [6.45, 7) is 7.81. The van der Waals surface area contributed by atoms with Gasteiger partial charge in [0.05, 0.1) is 12.4 Å². The predicted molar refractivity (Wildman–Crippen MR) is 106 cm³/mol. The largest absolute Gasteiger partial charge is 0.497 e. The van der Waals surface area contributed by atoms with Gasteiger partial charge >= 0.3 is 0 Å². The molecule has 1 N–H and O–H groups in total. The maximum atomic E-state index is 12.1. The van der Waals surface area contributed by atoms with Crippen LogP contribution < -0.4 is 10.1 Å². The number of carbonyl (C=O) groups excluding carboxylic acids is 1. The Hall–Kier alpha value is -1.25. The third-order valence-corrected chi connectivity index (χ3v) is 6.37. The van der Waals surface area contributed by atoms with Crippen LogP contribution in [-0.4, -0.2) is 34.0 Å². The highest BCUT2D eigenvalue weighted by atomic mass is 32.2. The number of rotatable bonds is 7. The number of methoxy groups -OCH3 is 1. The Kier molecular flexibility index (Phi) is 7.15. The molecule has 1 heterocycles. The van der Waals surface area contributed by atoms with Gasteiger partial charge in [-0.25, -0.2) is 0 Å². The van der Waals surface area contributed by atoms with Gasteiger partial charge in [0.25, 0.3) is 0 Å². The molecule has 0 fully saturated rings. The molecule has 0 radical (unpaired) electrons. The Morgan fingerprint density at radius 1 is 1.24 bits per heavy atom. The zero-order chi connectivity index (χ0) is 18.4. The van der Waals surface area contributed by atoms with Crippen molar-refractivity contribution in [3.8, 4) is 5.75 Å². The first kappa shape index (κ1) is 20.1. The van der Waals surface area contributed by atoms with Crippen molar-refractivity contribution in [1.29, 1.82) is 0 Å². The van der Waals surface area contributed by atoms with E-state index < -0.39 is 0 Å². The highest BCUT2D eigenvalue weighted by Crippen LogP contribution is 2.33. The van der Waals surface area contributed by atoms with Crippen molar-refractivity contribution in [2.45, 2.75) is 52.9 Å². The van der Waals surface area contributed by atoms with Gasteiger partial charge in [0.2, 0.25) is 5.91 Å². The molecule has 0 saturated carbocycles. The van der Waals surface area contributed by atoms with Gasteiger partial charge in [-0.1, -0.05) is 47.0 Å². The molecule has 136 valence electrons. The van der Waals surface area contributed by atoms with Crippen molar-refractivity contribution in [2.24, 2.45) is 0 Å². The summed E-state index contributed by atoms with van der Waals surface area (Å²) in [5.41, 5.74) is 0.972. The molecule has 0 aliphatic heterocycles. The minimum Gasteiger partial charge on any atom is -0.497 e. The topological polar surface area (TPSA) is 64.1 Å². The Labute approximate surface area is 161 Å². The van der Waals surface area contributed by atoms with Gasteiger partial charge in [-0.15, -0.1) is 10.2 Å². The van der Waals surface area contributed by atoms with Crippen LogP contribution in [0.25, 0.3) is 0 Å². The summed E-state index contributed by atoms with van der Waals surface area (Å²) in [6, 6.07) is 7.99. The van der Waals surface area contributed by atoms with Crippen LogP contribution in [0.4, 0.5) is 0 Å². The Balaban J connectivity index is 1.85. The van der Waals surface area contributed by atoms with E-state index in [-0.39, 0.29) is 16.7 Å². The van der Waals surface area contributed by atoms with Crippen molar-refractivity contribution >= 4 is 40.8 Å². The molecule has 0 bridgehead atoms. The molecule has 0 spiro atoms. The smallest absolute Gasteiger partial charge is 0.233 e. The molecule has 1 atom stereocenters. The first-order valence-electron chi connectivity index (χ1n) is 7.85. The summed E-state index contributed by atoms with van der Waals surface area (Å²) in [5.74, 6) is 1.69. The second-order valence-corrected chi connectivity index (χ2v) is 10.3. The van der Waals surface area contributed by atoms with Crippen molar-refractivity contribution in [3.05, 3.63) is 29.8 Å². The quantitative estimate of drug-likeness (QED) is 0.705. The van der Waals surface area contributed by atoms with Gasteiger partial charge in [0, 0.05) is 11.3 Å². The van der Waals surface area contributed by atoms with Crippen LogP contribution in [0.1, 0.15) is 33.3 Å². The van der Waals surface area contributed by atoms with E-state index in [1.54, 1.807) is 18.9 Å². The Morgan fingerprint density at radius 3 is 2.48 bits per heavy atom. The fraction of sp³-hybridized carbons (Fsp3) is 0.471. The zero-order valence-electron chi connectivity index (χ0n) is 15.0. The minimum absolute atomic E-state index is 0.0140. The van der Waals surface area contributed by atoms with Crippen LogP contribution in [0.5, 0.6) is 5.75 Å². The normalized spacial score (nSPS) is 12.7. The van der Waals surface area contributed by atoms with Crippen LogP contribution in [-0.2, 0) is 10.5 Å². The Bertz CT molecular complexity index is 696. The molecule has 0 unspecified atom stereocenters. The van der Waals surface area contributed by atoms with Crippen molar-refractivity contribution in [1.82, 2.24) is 15.5 Å². The lowest BCUT2D eigenvalue weighted by Crippen LogP contribution is -2.44. The van der Waals surface area contributed by atoms with E-state index >= 15 is 0 Å². The highest BCUT2D eigenvalue weighted by molar-refractivity contribution is 8.03. The maximum Gasteiger partial charge on any atom is 0.233 e. The van der Waals surface area contributed by atoms with E-state index in [0.717, 1.165) is 20.2 Å². The molecular weight excluding hydrogens is 374 g/mol. The van der Waals surface area contributed by atoms with Gasteiger partial charge in [-0.05, 0) is 45.4 Å². The predicted octanol–water partition coefficient (Wildman–Crippen LogP) is 4.23. The van der Waals surface area contributed by atoms with Gasteiger partial charge in [-0.3, -0.25) is 4.79 Å². The number of nitrogens with zero attached hydrogens (tertiary/aromatic N) is 2. The van der Waals surface area contributed by atoms with Crippen LogP contribution >= 0.6 is 34.9 Å². The minimum atomic E-state index is -0.230. The number of ether oxygens (including phenoxy) is 1. The van der Waals surface area contributed by atoms with E-state index in [1.165, 1.54) is 28.7 Å². The molecule has 2 rings (SSSR count). The average molecular weight is 398 g/mol. The van der Waals surface area contributed by atoms with E-state index in [0.29, 0.717) is 0 Å². The third kappa shape index (κ3) is 6.87. The summed E-state index contributed by atoms with van der Waals surface area (Å²) in [5, 5.41) is 11.2. The second kappa shape index (κ2) is 8.91. The summed E-state index contributed by atoms with van der Waals surface area (Å²) < 4.78 is 6.88. The number of amides is 1. The molecule has 25 heavy (non-hydrogen) atoms. The fourth-order valence-electron chi connectivity index (χ4n) is 1.85. The average Bonchev–Trinajstić information content (AvgIpc) is 2.99. The molecule has 2 aromatic rings. The summed E-state index contributed by atoms with van der Waals surface area (Å²) in [4.78, 5) is 12.1.